The fourth-order valence-corrected chi connectivity index (χ4v) is 1.24. The molecule has 1 rings (SSSR count). The fourth-order valence-electron chi connectivity index (χ4n) is 0.651. The highest BCUT2D eigenvalue weighted by Crippen LogP contribution is 2.29. The van der Waals surface area contributed by atoms with E-state index in [9.17, 15) is 10.1 Å². The SMILES string of the molecule is O=[N+]([O-])c1cccc(Br)c1S. The largest absolute Gasteiger partial charge is 0.283 e. The Hall–Kier alpha value is -0.550. The summed E-state index contributed by atoms with van der Waals surface area (Å²) in [6.45, 7) is 0. The molecule has 1 aromatic carbocycles. The first-order valence-corrected chi connectivity index (χ1v) is 3.99. The minimum Gasteiger partial charge on any atom is -0.258 e. The maximum atomic E-state index is 10.3. The Bertz CT molecular complexity index is 303. The molecule has 0 unspecified atom stereocenters. The summed E-state index contributed by atoms with van der Waals surface area (Å²) in [7, 11) is 0. The van der Waals surface area contributed by atoms with Gasteiger partial charge in [-0.2, -0.15) is 0 Å². The van der Waals surface area contributed by atoms with Crippen molar-refractivity contribution < 1.29 is 4.92 Å². The number of hydrogen-bond acceptors (Lipinski definition) is 3. The number of nitro benzene ring substituents is 1. The lowest BCUT2D eigenvalue weighted by Gasteiger charge is -1.96. The van der Waals surface area contributed by atoms with E-state index in [1.165, 1.54) is 6.07 Å². The lowest BCUT2D eigenvalue weighted by atomic mass is 10.3. The highest BCUT2D eigenvalue weighted by Gasteiger charge is 2.11. The molecule has 0 saturated heterocycles. The fraction of sp³-hybridized carbons (Fsp3) is 0. The van der Waals surface area contributed by atoms with Gasteiger partial charge in [0.15, 0.2) is 0 Å². The highest BCUT2D eigenvalue weighted by molar-refractivity contribution is 9.10. The van der Waals surface area contributed by atoms with Crippen LogP contribution in [0.2, 0.25) is 0 Å². The Kier molecular flexibility index (Phi) is 2.51. The molecule has 0 aliphatic carbocycles. The van der Waals surface area contributed by atoms with Gasteiger partial charge in [-0.25, -0.2) is 0 Å². The number of nitro groups is 1. The van der Waals surface area contributed by atoms with E-state index >= 15 is 0 Å². The summed E-state index contributed by atoms with van der Waals surface area (Å²) < 4.78 is 0.634. The van der Waals surface area contributed by atoms with Crippen LogP contribution in [-0.2, 0) is 0 Å². The summed E-state index contributed by atoms with van der Waals surface area (Å²) >= 11 is 7.10. The van der Waals surface area contributed by atoms with Gasteiger partial charge in [0.1, 0.15) is 0 Å². The van der Waals surface area contributed by atoms with E-state index in [0.29, 0.717) is 9.37 Å². The average molecular weight is 234 g/mol. The van der Waals surface area contributed by atoms with Gasteiger partial charge in [0, 0.05) is 10.5 Å². The average Bonchev–Trinajstić information content (AvgIpc) is 1.94. The van der Waals surface area contributed by atoms with E-state index in [-0.39, 0.29) is 5.69 Å². The maximum Gasteiger partial charge on any atom is 0.283 e. The molecular weight excluding hydrogens is 230 g/mol. The van der Waals surface area contributed by atoms with E-state index in [1.54, 1.807) is 12.1 Å². The summed E-state index contributed by atoms with van der Waals surface area (Å²) in [5, 5.41) is 10.3. The molecule has 0 N–H and O–H groups in total. The molecule has 0 heterocycles. The molecule has 1 aromatic rings. The second kappa shape index (κ2) is 3.23. The highest BCUT2D eigenvalue weighted by atomic mass is 79.9. The Balaban J connectivity index is 3.27. The third-order valence-corrected chi connectivity index (χ3v) is 2.60. The van der Waals surface area contributed by atoms with Crippen LogP contribution in [-0.4, -0.2) is 4.92 Å². The van der Waals surface area contributed by atoms with E-state index in [1.807, 2.05) is 0 Å². The third-order valence-electron chi connectivity index (χ3n) is 1.16. The van der Waals surface area contributed by atoms with Crippen LogP contribution in [0, 0.1) is 10.1 Å². The number of hydrogen-bond donors (Lipinski definition) is 1. The summed E-state index contributed by atoms with van der Waals surface area (Å²) in [4.78, 5) is 10.2. The lowest BCUT2D eigenvalue weighted by Crippen LogP contribution is -1.89. The number of thiol groups is 1. The van der Waals surface area contributed by atoms with Crippen molar-refractivity contribution in [1.29, 1.82) is 0 Å². The monoisotopic (exact) mass is 233 g/mol. The summed E-state index contributed by atoms with van der Waals surface area (Å²) in [6.07, 6.45) is 0. The Morgan fingerprint density at radius 3 is 2.64 bits per heavy atom. The zero-order valence-corrected chi connectivity index (χ0v) is 7.80. The van der Waals surface area contributed by atoms with Crippen molar-refractivity contribution in [3.63, 3.8) is 0 Å². The van der Waals surface area contributed by atoms with Gasteiger partial charge in [0.25, 0.3) is 5.69 Å². The molecular formula is C6H4BrNO2S. The summed E-state index contributed by atoms with van der Waals surface area (Å²) in [6, 6.07) is 4.71. The number of nitrogens with zero attached hydrogens (tertiary/aromatic N) is 1. The predicted octanol–water partition coefficient (Wildman–Crippen LogP) is 2.65. The van der Waals surface area contributed by atoms with Crippen molar-refractivity contribution in [1.82, 2.24) is 0 Å². The molecule has 0 aliphatic heterocycles. The Morgan fingerprint density at radius 1 is 1.55 bits per heavy atom. The van der Waals surface area contributed by atoms with Crippen LogP contribution in [0.5, 0.6) is 0 Å². The molecule has 5 heteroatoms. The summed E-state index contributed by atoms with van der Waals surface area (Å²) in [5.74, 6) is 0. The van der Waals surface area contributed by atoms with Gasteiger partial charge in [0.05, 0.1) is 9.82 Å². The molecule has 0 spiro atoms. The molecule has 0 bridgehead atoms. The van der Waals surface area contributed by atoms with E-state index in [0.717, 1.165) is 0 Å². The molecule has 0 aromatic heterocycles. The lowest BCUT2D eigenvalue weighted by molar-refractivity contribution is -0.387. The quantitative estimate of drug-likeness (QED) is 0.461. The van der Waals surface area contributed by atoms with Gasteiger partial charge < -0.3 is 0 Å². The minimum atomic E-state index is -0.465. The first kappa shape index (κ1) is 8.55. The molecule has 0 atom stereocenters. The topological polar surface area (TPSA) is 43.1 Å². The van der Waals surface area contributed by atoms with Crippen LogP contribution < -0.4 is 0 Å². The van der Waals surface area contributed by atoms with Crippen LogP contribution in [0.3, 0.4) is 0 Å². The zero-order chi connectivity index (χ0) is 8.43. The normalized spacial score (nSPS) is 9.64. The van der Waals surface area contributed by atoms with Gasteiger partial charge in [-0.3, -0.25) is 10.1 Å². The summed E-state index contributed by atoms with van der Waals surface area (Å²) in [5.41, 5.74) is 0.0164. The smallest absolute Gasteiger partial charge is 0.258 e. The predicted molar refractivity (Wildman–Crippen MR) is 48.0 cm³/mol. The van der Waals surface area contributed by atoms with E-state index in [2.05, 4.69) is 28.6 Å². The first-order chi connectivity index (χ1) is 5.13. The molecule has 0 aliphatic rings. The van der Waals surface area contributed by atoms with E-state index < -0.39 is 4.92 Å². The van der Waals surface area contributed by atoms with Gasteiger partial charge in [0.2, 0.25) is 0 Å². The Labute approximate surface area is 77.1 Å². The van der Waals surface area contributed by atoms with Crippen LogP contribution in [0.1, 0.15) is 0 Å². The van der Waals surface area contributed by atoms with Crippen molar-refractivity contribution in [2.45, 2.75) is 4.90 Å². The van der Waals surface area contributed by atoms with Crippen molar-refractivity contribution >= 4 is 34.2 Å². The van der Waals surface area contributed by atoms with Crippen LogP contribution >= 0.6 is 28.6 Å². The molecule has 0 saturated carbocycles. The maximum absolute atomic E-state index is 10.3. The van der Waals surface area contributed by atoms with Gasteiger partial charge in [-0.05, 0) is 22.0 Å². The molecule has 0 amide bonds. The van der Waals surface area contributed by atoms with Crippen LogP contribution in [0.4, 0.5) is 5.69 Å². The minimum absolute atomic E-state index is 0.0164. The number of benzene rings is 1. The molecule has 58 valence electrons. The van der Waals surface area contributed by atoms with Gasteiger partial charge in [-0.1, -0.05) is 6.07 Å². The Morgan fingerprint density at radius 2 is 2.18 bits per heavy atom. The molecule has 0 fully saturated rings. The third kappa shape index (κ3) is 1.72. The molecule has 11 heavy (non-hydrogen) atoms. The number of halogens is 1. The van der Waals surface area contributed by atoms with E-state index in [4.69, 9.17) is 0 Å². The van der Waals surface area contributed by atoms with Gasteiger partial charge >= 0.3 is 0 Å². The van der Waals surface area contributed by atoms with Crippen LogP contribution in [0.25, 0.3) is 0 Å². The zero-order valence-electron chi connectivity index (χ0n) is 5.32. The number of rotatable bonds is 1. The van der Waals surface area contributed by atoms with Gasteiger partial charge in [-0.15, -0.1) is 12.6 Å². The molecule has 3 nitrogen and oxygen atoms in total. The standard InChI is InChI=1S/C6H4BrNO2S/c7-4-2-1-3-5(6(4)11)8(9)10/h1-3,11H. The first-order valence-electron chi connectivity index (χ1n) is 2.75. The molecule has 0 radical (unpaired) electrons. The van der Waals surface area contributed by atoms with Crippen molar-refractivity contribution in [2.24, 2.45) is 0 Å². The van der Waals surface area contributed by atoms with Crippen molar-refractivity contribution in [3.05, 3.63) is 32.8 Å². The second-order valence-electron chi connectivity index (χ2n) is 1.86. The van der Waals surface area contributed by atoms with Crippen LogP contribution in [0.15, 0.2) is 27.6 Å². The second-order valence-corrected chi connectivity index (χ2v) is 3.17. The van der Waals surface area contributed by atoms with Crippen molar-refractivity contribution in [3.8, 4) is 0 Å². The van der Waals surface area contributed by atoms with Crippen molar-refractivity contribution in [2.75, 3.05) is 0 Å².